The van der Waals surface area contributed by atoms with E-state index in [2.05, 4.69) is 67.6 Å². The number of aliphatic imine (C=N–C) groups is 1. The first-order valence-electron chi connectivity index (χ1n) is 13.2. The maximum Gasteiger partial charge on any atom is 0.256 e. The smallest absolute Gasteiger partial charge is 0.256 e. The van der Waals surface area contributed by atoms with Crippen molar-refractivity contribution in [2.45, 2.75) is 38.0 Å². The number of amides is 1. The van der Waals surface area contributed by atoms with E-state index in [-0.39, 0.29) is 12.1 Å². The van der Waals surface area contributed by atoms with Crippen molar-refractivity contribution in [2.75, 3.05) is 55.3 Å². The van der Waals surface area contributed by atoms with Gasteiger partial charge in [0, 0.05) is 56.7 Å². The molecule has 4 N–H and O–H groups in total. The molecule has 10 heteroatoms. The first-order valence-corrected chi connectivity index (χ1v) is 13.2. The predicted molar refractivity (Wildman–Crippen MR) is 151 cm³/mol. The van der Waals surface area contributed by atoms with E-state index < -0.39 is 5.60 Å². The van der Waals surface area contributed by atoms with E-state index in [4.69, 9.17) is 4.99 Å². The summed E-state index contributed by atoms with van der Waals surface area (Å²) in [5.41, 5.74) is 3.23. The molecule has 200 valence electrons. The zero-order valence-corrected chi connectivity index (χ0v) is 22.1. The molecule has 0 spiro atoms. The van der Waals surface area contributed by atoms with Crippen LogP contribution < -0.4 is 20.9 Å². The van der Waals surface area contributed by atoms with Crippen molar-refractivity contribution in [3.63, 3.8) is 0 Å². The first-order chi connectivity index (χ1) is 18.3. The Hall–Kier alpha value is -3.76. The van der Waals surface area contributed by atoms with E-state index in [1.165, 1.54) is 11.9 Å². The Labute approximate surface area is 223 Å². The van der Waals surface area contributed by atoms with Crippen molar-refractivity contribution in [3.8, 4) is 0 Å². The lowest BCUT2D eigenvalue weighted by Gasteiger charge is -2.34. The molecule has 2 atom stereocenters. The number of aliphatic hydroxyl groups is 1. The van der Waals surface area contributed by atoms with Crippen LogP contribution in [0.1, 0.15) is 36.5 Å². The maximum absolute atomic E-state index is 12.8. The van der Waals surface area contributed by atoms with E-state index >= 15 is 0 Å². The fourth-order valence-electron chi connectivity index (χ4n) is 5.02. The van der Waals surface area contributed by atoms with E-state index in [9.17, 15) is 9.90 Å². The van der Waals surface area contributed by atoms with E-state index in [1.807, 2.05) is 12.1 Å². The number of anilines is 4. The normalized spacial score (nSPS) is 23.2. The molecule has 1 aliphatic carbocycles. The van der Waals surface area contributed by atoms with Crippen LogP contribution in [0.3, 0.4) is 0 Å². The Kier molecular flexibility index (Phi) is 7.44. The Bertz CT molecular complexity index is 1250. The topological polar surface area (TPSA) is 118 Å². The lowest BCUT2D eigenvalue weighted by Crippen LogP contribution is -2.44. The van der Waals surface area contributed by atoms with E-state index in [0.717, 1.165) is 43.9 Å². The number of likely N-dealkylation sites (N-methyl/N-ethyl adjacent to an activating group) is 1. The lowest BCUT2D eigenvalue weighted by molar-refractivity contribution is 0.0958. The summed E-state index contributed by atoms with van der Waals surface area (Å²) < 4.78 is 0. The molecule has 1 saturated heterocycles. The average molecular weight is 517 g/mol. The standard InChI is InChI=1S/C28H36N8O2/c1-4-13-29-26(37)22-18-30-27(31-20-6-8-21(9-7-20)36-16-14-35(3)15-17-36)34-25(22)33-23-10-5-19-11-12-28(2,38)24(19)32-23/h4-9,18,23,38H,1,10-17H2,2-3H3,(H,29,37)(H2,30,31,33,34). The highest BCUT2D eigenvalue weighted by molar-refractivity contribution is 6.08. The molecule has 2 fully saturated rings. The summed E-state index contributed by atoms with van der Waals surface area (Å²) in [6.45, 7) is 9.91. The van der Waals surface area contributed by atoms with Gasteiger partial charge in [0.25, 0.3) is 5.91 Å². The lowest BCUT2D eigenvalue weighted by atomic mass is 10.00. The van der Waals surface area contributed by atoms with Gasteiger partial charge in [-0.3, -0.25) is 9.79 Å². The number of piperazine rings is 1. The van der Waals surface area contributed by atoms with Gasteiger partial charge in [0.05, 0.1) is 5.71 Å². The quantitative estimate of drug-likeness (QED) is 0.396. The van der Waals surface area contributed by atoms with Crippen molar-refractivity contribution >= 4 is 34.8 Å². The second-order valence-electron chi connectivity index (χ2n) is 10.3. The highest BCUT2D eigenvalue weighted by atomic mass is 16.3. The number of benzene rings is 1. The molecule has 1 aromatic heterocycles. The number of dihydropyridines is 1. The van der Waals surface area contributed by atoms with Crippen LogP contribution in [-0.4, -0.2) is 83.1 Å². The molecule has 3 heterocycles. The molecule has 2 unspecified atom stereocenters. The van der Waals surface area contributed by atoms with Gasteiger partial charge in [0.1, 0.15) is 23.1 Å². The minimum atomic E-state index is -0.939. The van der Waals surface area contributed by atoms with Crippen molar-refractivity contribution in [1.82, 2.24) is 20.2 Å². The van der Waals surface area contributed by atoms with Gasteiger partial charge >= 0.3 is 0 Å². The Balaban J connectivity index is 1.34. The highest BCUT2D eigenvalue weighted by Crippen LogP contribution is 2.35. The molecule has 1 saturated carbocycles. The third-order valence-electron chi connectivity index (χ3n) is 7.30. The van der Waals surface area contributed by atoms with Crippen LogP contribution in [0.15, 0.2) is 59.8 Å². The van der Waals surface area contributed by atoms with Crippen LogP contribution in [0, 0.1) is 0 Å². The molecule has 2 aromatic rings. The van der Waals surface area contributed by atoms with Gasteiger partial charge in [-0.15, -0.1) is 6.58 Å². The van der Waals surface area contributed by atoms with Gasteiger partial charge in [-0.1, -0.05) is 12.2 Å². The molecule has 0 bridgehead atoms. The van der Waals surface area contributed by atoms with Crippen molar-refractivity contribution < 1.29 is 9.90 Å². The van der Waals surface area contributed by atoms with Gasteiger partial charge in [0.2, 0.25) is 5.95 Å². The van der Waals surface area contributed by atoms with Crippen LogP contribution in [-0.2, 0) is 0 Å². The number of aromatic nitrogens is 2. The first kappa shape index (κ1) is 25.9. The van der Waals surface area contributed by atoms with Crippen molar-refractivity contribution in [3.05, 3.63) is 60.3 Å². The van der Waals surface area contributed by atoms with E-state index in [1.54, 1.807) is 13.0 Å². The zero-order chi connectivity index (χ0) is 26.7. The predicted octanol–water partition coefficient (Wildman–Crippen LogP) is 2.94. The Morgan fingerprint density at radius 3 is 2.74 bits per heavy atom. The fourth-order valence-corrected chi connectivity index (χ4v) is 5.02. The summed E-state index contributed by atoms with van der Waals surface area (Å²) in [5.74, 6) is 0.442. The summed E-state index contributed by atoms with van der Waals surface area (Å²) in [6.07, 6.45) is 7.02. The number of rotatable bonds is 8. The van der Waals surface area contributed by atoms with Crippen LogP contribution in [0.4, 0.5) is 23.1 Å². The van der Waals surface area contributed by atoms with Gasteiger partial charge in [-0.2, -0.15) is 4.98 Å². The minimum Gasteiger partial charge on any atom is -0.384 e. The molecule has 10 nitrogen and oxygen atoms in total. The third kappa shape index (κ3) is 5.71. The number of carbonyl (C=O) groups excluding carboxylic acids is 1. The number of nitrogens with one attached hydrogen (secondary N) is 3. The van der Waals surface area contributed by atoms with Crippen molar-refractivity contribution in [1.29, 1.82) is 0 Å². The van der Waals surface area contributed by atoms with Crippen LogP contribution in [0.25, 0.3) is 0 Å². The largest absolute Gasteiger partial charge is 0.384 e. The highest BCUT2D eigenvalue weighted by Gasteiger charge is 2.38. The average Bonchev–Trinajstić information content (AvgIpc) is 3.22. The van der Waals surface area contributed by atoms with Gasteiger partial charge in [0.15, 0.2) is 0 Å². The van der Waals surface area contributed by atoms with Crippen LogP contribution >= 0.6 is 0 Å². The van der Waals surface area contributed by atoms with Gasteiger partial charge in [-0.05, 0) is 56.7 Å². The monoisotopic (exact) mass is 516 g/mol. The molecular weight excluding hydrogens is 480 g/mol. The number of carbonyl (C=O) groups is 1. The number of fused-ring (bicyclic) bond motifs is 1. The molecule has 2 aliphatic heterocycles. The molecule has 1 aromatic carbocycles. The summed E-state index contributed by atoms with van der Waals surface area (Å²) in [7, 11) is 2.15. The van der Waals surface area contributed by atoms with Gasteiger partial charge < -0.3 is 30.9 Å². The van der Waals surface area contributed by atoms with Crippen LogP contribution in [0.5, 0.6) is 0 Å². The molecular formula is C28H36N8O2. The molecule has 3 aliphatic rings. The summed E-state index contributed by atoms with van der Waals surface area (Å²) in [5, 5.41) is 20.1. The molecule has 38 heavy (non-hydrogen) atoms. The van der Waals surface area contributed by atoms with Crippen molar-refractivity contribution in [2.24, 2.45) is 4.99 Å². The zero-order valence-electron chi connectivity index (χ0n) is 22.1. The summed E-state index contributed by atoms with van der Waals surface area (Å²) in [4.78, 5) is 31.4. The number of hydrogen-bond acceptors (Lipinski definition) is 9. The number of hydrogen-bond donors (Lipinski definition) is 4. The second kappa shape index (κ2) is 10.9. The second-order valence-corrected chi connectivity index (χ2v) is 10.3. The minimum absolute atomic E-state index is 0.303. The Morgan fingerprint density at radius 1 is 1.24 bits per heavy atom. The van der Waals surface area contributed by atoms with E-state index in [0.29, 0.717) is 42.4 Å². The molecule has 0 radical (unpaired) electrons. The maximum atomic E-state index is 12.8. The van der Waals surface area contributed by atoms with Gasteiger partial charge in [-0.25, -0.2) is 4.98 Å². The fraction of sp³-hybridized carbons (Fsp3) is 0.429. The number of nitrogens with zero attached hydrogens (tertiary/aromatic N) is 5. The summed E-state index contributed by atoms with van der Waals surface area (Å²) in [6, 6.07) is 8.21. The summed E-state index contributed by atoms with van der Waals surface area (Å²) >= 11 is 0. The third-order valence-corrected chi connectivity index (χ3v) is 7.30. The molecule has 5 rings (SSSR count). The SMILES string of the molecule is C=CCNC(=O)c1cnc(Nc2ccc(N3CCN(C)CC3)cc2)nc1NC1CC=C2CCC(C)(O)C2=N1. The Morgan fingerprint density at radius 2 is 2.00 bits per heavy atom. The molecule has 1 amide bonds. The van der Waals surface area contributed by atoms with Crippen LogP contribution in [0.2, 0.25) is 0 Å².